The largest absolute Gasteiger partial charge is 0.493 e. The number of oxazole rings is 1. The molecule has 0 saturated heterocycles. The number of para-hydroxylation sites is 1. The summed E-state index contributed by atoms with van der Waals surface area (Å²) in [5.74, 6) is 0.656. The molecule has 3 N–H and O–H groups in total. The molecule has 0 saturated carbocycles. The quantitative estimate of drug-likeness (QED) is 0.437. The minimum Gasteiger partial charge on any atom is -0.493 e. The Balaban J connectivity index is 1.56. The summed E-state index contributed by atoms with van der Waals surface area (Å²) in [6.45, 7) is 6.10. The van der Waals surface area contributed by atoms with Crippen molar-refractivity contribution in [3.8, 4) is 17.2 Å². The van der Waals surface area contributed by atoms with Crippen LogP contribution in [0, 0.1) is 19.7 Å². The molecule has 2 aromatic heterocycles. The van der Waals surface area contributed by atoms with E-state index in [2.05, 4.69) is 20.6 Å². The molecule has 0 bridgehead atoms. The number of anilines is 2. The SMILES string of the molecule is CCOc1ccccc1-c1nc(Cn2nnc(C(=O)Nc3cc(F)ccc3C)c2N)c(C)o1. The van der Waals surface area contributed by atoms with Crippen LogP contribution in [0.4, 0.5) is 15.9 Å². The van der Waals surface area contributed by atoms with Crippen LogP contribution >= 0.6 is 0 Å². The standard InChI is InChI=1S/C23H23FN6O3/c1-4-32-19-8-6-5-7-16(19)23-27-18(14(3)33-23)12-30-21(25)20(28-29-30)22(31)26-17-11-15(24)10-9-13(17)2/h5-11H,4,12,25H2,1-3H3,(H,26,31). The second-order valence-electron chi connectivity index (χ2n) is 7.35. The zero-order chi connectivity index (χ0) is 23.5. The molecular weight excluding hydrogens is 427 g/mol. The summed E-state index contributed by atoms with van der Waals surface area (Å²) in [5, 5.41) is 10.5. The molecule has 2 aromatic carbocycles. The van der Waals surface area contributed by atoms with Crippen molar-refractivity contribution in [1.29, 1.82) is 0 Å². The summed E-state index contributed by atoms with van der Waals surface area (Å²) in [7, 11) is 0. The van der Waals surface area contributed by atoms with Crippen molar-refractivity contribution >= 4 is 17.4 Å². The molecule has 4 aromatic rings. The highest BCUT2D eigenvalue weighted by atomic mass is 19.1. The van der Waals surface area contributed by atoms with Gasteiger partial charge in [-0.1, -0.05) is 23.4 Å². The van der Waals surface area contributed by atoms with Crippen LogP contribution in [0.1, 0.15) is 34.4 Å². The van der Waals surface area contributed by atoms with Crippen molar-refractivity contribution in [3.05, 3.63) is 71.0 Å². The van der Waals surface area contributed by atoms with E-state index in [9.17, 15) is 9.18 Å². The first-order valence-corrected chi connectivity index (χ1v) is 10.3. The normalized spacial score (nSPS) is 10.9. The van der Waals surface area contributed by atoms with Crippen LogP contribution in [0.2, 0.25) is 0 Å². The molecule has 10 heteroatoms. The molecule has 0 radical (unpaired) electrons. The minimum atomic E-state index is -0.587. The van der Waals surface area contributed by atoms with Crippen LogP contribution < -0.4 is 15.8 Å². The van der Waals surface area contributed by atoms with Gasteiger partial charge < -0.3 is 20.2 Å². The van der Waals surface area contributed by atoms with E-state index in [0.717, 1.165) is 5.56 Å². The number of hydrogen-bond donors (Lipinski definition) is 2. The Hall–Kier alpha value is -4.21. The Bertz CT molecular complexity index is 1310. The number of amides is 1. The van der Waals surface area contributed by atoms with Crippen LogP contribution in [0.5, 0.6) is 5.75 Å². The minimum absolute atomic E-state index is 0.0558. The lowest BCUT2D eigenvalue weighted by Gasteiger charge is -2.07. The van der Waals surface area contributed by atoms with E-state index in [1.807, 2.05) is 31.2 Å². The number of ether oxygens (including phenoxy) is 1. The van der Waals surface area contributed by atoms with Crippen molar-refractivity contribution in [3.63, 3.8) is 0 Å². The van der Waals surface area contributed by atoms with Crippen LogP contribution in [0.3, 0.4) is 0 Å². The molecule has 0 spiro atoms. The van der Waals surface area contributed by atoms with Gasteiger partial charge in [0, 0.05) is 5.69 Å². The van der Waals surface area contributed by atoms with Gasteiger partial charge in [-0.2, -0.15) is 0 Å². The number of carbonyl (C=O) groups excluding carboxylic acids is 1. The number of aromatic nitrogens is 4. The Morgan fingerprint density at radius 1 is 1.24 bits per heavy atom. The summed E-state index contributed by atoms with van der Waals surface area (Å²) in [4.78, 5) is 17.2. The van der Waals surface area contributed by atoms with E-state index >= 15 is 0 Å². The molecule has 0 aliphatic heterocycles. The first-order chi connectivity index (χ1) is 15.9. The Labute approximate surface area is 189 Å². The van der Waals surface area contributed by atoms with E-state index in [0.29, 0.717) is 41.0 Å². The third-order valence-electron chi connectivity index (χ3n) is 5.05. The monoisotopic (exact) mass is 450 g/mol. The van der Waals surface area contributed by atoms with Gasteiger partial charge in [-0.25, -0.2) is 14.1 Å². The van der Waals surface area contributed by atoms with Gasteiger partial charge in [0.15, 0.2) is 11.5 Å². The molecule has 33 heavy (non-hydrogen) atoms. The molecule has 1 amide bonds. The van der Waals surface area contributed by atoms with Crippen LogP contribution in [-0.4, -0.2) is 32.5 Å². The lowest BCUT2D eigenvalue weighted by molar-refractivity contribution is 0.102. The second kappa shape index (κ2) is 9.11. The number of nitrogens with two attached hydrogens (primary N) is 1. The van der Waals surface area contributed by atoms with Crippen molar-refractivity contribution < 1.29 is 18.3 Å². The molecule has 0 atom stereocenters. The highest BCUT2D eigenvalue weighted by Crippen LogP contribution is 2.31. The van der Waals surface area contributed by atoms with Crippen molar-refractivity contribution in [2.24, 2.45) is 0 Å². The van der Waals surface area contributed by atoms with Gasteiger partial charge in [-0.3, -0.25) is 4.79 Å². The number of halogens is 1. The number of aryl methyl sites for hydroxylation is 2. The maximum absolute atomic E-state index is 13.5. The summed E-state index contributed by atoms with van der Waals surface area (Å²) in [6.07, 6.45) is 0. The number of benzene rings is 2. The number of hydrogen-bond acceptors (Lipinski definition) is 7. The number of carbonyl (C=O) groups is 1. The van der Waals surface area contributed by atoms with Crippen molar-refractivity contribution in [1.82, 2.24) is 20.0 Å². The number of rotatable bonds is 7. The van der Waals surface area contributed by atoms with Crippen LogP contribution in [0.25, 0.3) is 11.5 Å². The highest BCUT2D eigenvalue weighted by molar-refractivity contribution is 6.06. The molecule has 4 rings (SSSR count). The second-order valence-corrected chi connectivity index (χ2v) is 7.35. The predicted octanol–water partition coefficient (Wildman–Crippen LogP) is 3.97. The fourth-order valence-corrected chi connectivity index (χ4v) is 3.27. The van der Waals surface area contributed by atoms with Crippen LogP contribution in [0.15, 0.2) is 46.9 Å². The van der Waals surface area contributed by atoms with E-state index in [4.69, 9.17) is 14.9 Å². The Kier molecular flexibility index (Phi) is 6.07. The van der Waals surface area contributed by atoms with Gasteiger partial charge in [0.2, 0.25) is 5.89 Å². The third kappa shape index (κ3) is 4.54. The van der Waals surface area contributed by atoms with Gasteiger partial charge in [0.1, 0.15) is 23.0 Å². The first kappa shape index (κ1) is 22.0. The van der Waals surface area contributed by atoms with Gasteiger partial charge >= 0.3 is 0 Å². The van der Waals surface area contributed by atoms with E-state index < -0.39 is 11.7 Å². The Morgan fingerprint density at radius 3 is 2.82 bits per heavy atom. The number of nitrogens with one attached hydrogen (secondary N) is 1. The van der Waals surface area contributed by atoms with Gasteiger partial charge in [-0.15, -0.1) is 5.10 Å². The van der Waals surface area contributed by atoms with Gasteiger partial charge in [0.05, 0.1) is 18.7 Å². The summed E-state index contributed by atoms with van der Waals surface area (Å²) in [5.41, 5.74) is 8.41. The fourth-order valence-electron chi connectivity index (χ4n) is 3.27. The molecule has 0 aliphatic rings. The average Bonchev–Trinajstić information content (AvgIpc) is 3.34. The van der Waals surface area contributed by atoms with Crippen molar-refractivity contribution in [2.75, 3.05) is 17.7 Å². The summed E-state index contributed by atoms with van der Waals surface area (Å²) < 4.78 is 26.4. The molecule has 0 fully saturated rings. The molecular formula is C23H23FN6O3. The maximum atomic E-state index is 13.5. The van der Waals surface area contributed by atoms with Crippen molar-refractivity contribution in [2.45, 2.75) is 27.3 Å². The molecule has 9 nitrogen and oxygen atoms in total. The van der Waals surface area contributed by atoms with E-state index in [1.165, 1.54) is 16.8 Å². The number of nitrogens with zero attached hydrogens (tertiary/aromatic N) is 4. The van der Waals surface area contributed by atoms with Gasteiger partial charge in [-0.05, 0) is 50.6 Å². The maximum Gasteiger partial charge on any atom is 0.280 e. The average molecular weight is 450 g/mol. The highest BCUT2D eigenvalue weighted by Gasteiger charge is 2.21. The fraction of sp³-hybridized carbons (Fsp3) is 0.217. The lowest BCUT2D eigenvalue weighted by atomic mass is 10.2. The zero-order valence-corrected chi connectivity index (χ0v) is 18.4. The smallest absolute Gasteiger partial charge is 0.280 e. The summed E-state index contributed by atoms with van der Waals surface area (Å²) >= 11 is 0. The Morgan fingerprint density at radius 2 is 2.03 bits per heavy atom. The summed E-state index contributed by atoms with van der Waals surface area (Å²) in [6, 6.07) is 11.6. The van der Waals surface area contributed by atoms with Crippen LogP contribution in [-0.2, 0) is 6.54 Å². The third-order valence-corrected chi connectivity index (χ3v) is 5.05. The molecule has 0 unspecified atom stereocenters. The number of nitrogen functional groups attached to an aromatic ring is 1. The predicted molar refractivity (Wildman–Crippen MR) is 120 cm³/mol. The molecule has 2 heterocycles. The topological polar surface area (TPSA) is 121 Å². The molecule has 170 valence electrons. The molecule has 0 aliphatic carbocycles. The van der Waals surface area contributed by atoms with E-state index in [-0.39, 0.29) is 18.1 Å². The zero-order valence-electron chi connectivity index (χ0n) is 18.4. The van der Waals surface area contributed by atoms with E-state index in [1.54, 1.807) is 19.9 Å². The van der Waals surface area contributed by atoms with Gasteiger partial charge in [0.25, 0.3) is 5.91 Å². The lowest BCUT2D eigenvalue weighted by Crippen LogP contribution is -2.16. The first-order valence-electron chi connectivity index (χ1n) is 10.3.